The smallest absolute Gasteiger partial charge is 0.228 e. The molecule has 25 heavy (non-hydrogen) atoms. The van der Waals surface area contributed by atoms with Crippen molar-refractivity contribution in [2.24, 2.45) is 5.41 Å². The molecule has 0 bridgehead atoms. The molecule has 1 aromatic rings. The third-order valence-corrected chi connectivity index (χ3v) is 5.55. The minimum Gasteiger partial charge on any atom is -0.393 e. The molecule has 1 aromatic heterocycles. The van der Waals surface area contributed by atoms with Gasteiger partial charge in [0.05, 0.1) is 6.10 Å². The number of aliphatic hydroxyl groups excluding tert-OH is 1. The van der Waals surface area contributed by atoms with Gasteiger partial charge in [-0.1, -0.05) is 6.92 Å². The topological polar surface area (TPSA) is 72.8 Å². The van der Waals surface area contributed by atoms with Crippen molar-refractivity contribution in [2.75, 3.05) is 50.1 Å². The second-order valence-electron chi connectivity index (χ2n) is 7.72. The average Bonchev–Trinajstić information content (AvgIpc) is 2.62. The molecule has 2 fully saturated rings. The maximum atomic E-state index is 12.9. The quantitative estimate of drug-likeness (QED) is 0.884. The van der Waals surface area contributed by atoms with E-state index in [0.717, 1.165) is 37.6 Å². The van der Waals surface area contributed by atoms with Gasteiger partial charge in [-0.3, -0.25) is 4.79 Å². The predicted octanol–water partition coefficient (Wildman–Crippen LogP) is 1.13. The lowest BCUT2D eigenvalue weighted by Gasteiger charge is -2.42. The highest BCUT2D eigenvalue weighted by atomic mass is 16.3. The van der Waals surface area contributed by atoms with E-state index in [1.54, 1.807) is 0 Å². The third-order valence-electron chi connectivity index (χ3n) is 5.55. The summed E-state index contributed by atoms with van der Waals surface area (Å²) in [6, 6.07) is 3.97. The summed E-state index contributed by atoms with van der Waals surface area (Å²) in [6.45, 7) is 5.06. The van der Waals surface area contributed by atoms with E-state index in [2.05, 4.69) is 22.0 Å². The Morgan fingerprint density at radius 3 is 2.32 bits per heavy atom. The molecule has 2 aliphatic rings. The van der Waals surface area contributed by atoms with Gasteiger partial charge in [-0.2, -0.15) is 0 Å². The Kier molecular flexibility index (Phi) is 5.13. The number of anilines is 2. The van der Waals surface area contributed by atoms with E-state index in [1.807, 2.05) is 36.0 Å². The van der Waals surface area contributed by atoms with E-state index in [4.69, 9.17) is 0 Å². The zero-order chi connectivity index (χ0) is 18.0. The van der Waals surface area contributed by atoms with E-state index in [1.165, 1.54) is 0 Å². The lowest BCUT2D eigenvalue weighted by atomic mass is 9.78. The van der Waals surface area contributed by atoms with Crippen molar-refractivity contribution in [3.8, 4) is 0 Å². The van der Waals surface area contributed by atoms with E-state index in [9.17, 15) is 9.90 Å². The number of nitrogens with zero attached hydrogens (tertiary/aromatic N) is 5. The van der Waals surface area contributed by atoms with Gasteiger partial charge in [0.15, 0.2) is 11.6 Å². The van der Waals surface area contributed by atoms with E-state index < -0.39 is 0 Å². The van der Waals surface area contributed by atoms with Crippen molar-refractivity contribution in [2.45, 2.75) is 38.7 Å². The molecule has 0 spiro atoms. The van der Waals surface area contributed by atoms with Gasteiger partial charge < -0.3 is 19.8 Å². The number of carbonyl (C=O) groups is 1. The summed E-state index contributed by atoms with van der Waals surface area (Å²) >= 11 is 0. The lowest BCUT2D eigenvalue weighted by Crippen LogP contribution is -2.51. The molecule has 2 saturated heterocycles. The molecule has 7 heteroatoms. The highest BCUT2D eigenvalue weighted by Gasteiger charge is 2.40. The molecule has 1 N–H and O–H groups in total. The SMILES string of the molecule is CN(C)c1ccc(N2CCC(C)(C(=O)N3CCC(O)CC3)CC2)nn1. The first-order chi connectivity index (χ1) is 11.9. The Labute approximate surface area is 149 Å². The van der Waals surface area contributed by atoms with E-state index in [-0.39, 0.29) is 17.4 Å². The average molecular weight is 347 g/mol. The van der Waals surface area contributed by atoms with Gasteiger partial charge in [0.25, 0.3) is 0 Å². The number of carbonyl (C=O) groups excluding carboxylic acids is 1. The molecule has 3 heterocycles. The Morgan fingerprint density at radius 2 is 1.80 bits per heavy atom. The highest BCUT2D eigenvalue weighted by Crippen LogP contribution is 2.35. The lowest BCUT2D eigenvalue weighted by molar-refractivity contribution is -0.144. The fourth-order valence-electron chi connectivity index (χ4n) is 3.62. The van der Waals surface area contributed by atoms with Crippen LogP contribution >= 0.6 is 0 Å². The summed E-state index contributed by atoms with van der Waals surface area (Å²) in [5.41, 5.74) is -0.310. The second-order valence-corrected chi connectivity index (χ2v) is 7.72. The van der Waals surface area contributed by atoms with Crippen molar-refractivity contribution in [1.82, 2.24) is 15.1 Å². The summed E-state index contributed by atoms with van der Waals surface area (Å²) in [4.78, 5) is 19.0. The van der Waals surface area contributed by atoms with Crippen LogP contribution in [0.15, 0.2) is 12.1 Å². The number of hydrogen-bond acceptors (Lipinski definition) is 6. The van der Waals surface area contributed by atoms with Crippen LogP contribution < -0.4 is 9.80 Å². The number of rotatable bonds is 3. The van der Waals surface area contributed by atoms with Crippen molar-refractivity contribution in [1.29, 1.82) is 0 Å². The van der Waals surface area contributed by atoms with Crippen LogP contribution in [0.5, 0.6) is 0 Å². The van der Waals surface area contributed by atoms with Gasteiger partial charge in [-0.25, -0.2) is 0 Å². The van der Waals surface area contributed by atoms with Gasteiger partial charge in [0, 0.05) is 45.7 Å². The summed E-state index contributed by atoms with van der Waals surface area (Å²) in [5, 5.41) is 18.2. The Hall–Kier alpha value is -1.89. The van der Waals surface area contributed by atoms with Crippen LogP contribution in [0, 0.1) is 5.41 Å². The Morgan fingerprint density at radius 1 is 1.16 bits per heavy atom. The molecule has 0 radical (unpaired) electrons. The van der Waals surface area contributed by atoms with Crippen molar-refractivity contribution in [3.63, 3.8) is 0 Å². The Bertz CT molecular complexity index is 588. The van der Waals surface area contributed by atoms with Crippen LogP contribution in [0.3, 0.4) is 0 Å². The standard InChI is InChI=1S/C18H29N5O2/c1-18(17(25)23-10-6-14(24)7-11-23)8-12-22(13-9-18)16-5-4-15(19-20-16)21(2)3/h4-5,14,24H,6-13H2,1-3H3. The number of aliphatic hydroxyl groups is 1. The maximum absolute atomic E-state index is 12.9. The highest BCUT2D eigenvalue weighted by molar-refractivity contribution is 5.82. The molecule has 3 rings (SSSR count). The van der Waals surface area contributed by atoms with Crippen molar-refractivity contribution < 1.29 is 9.90 Å². The van der Waals surface area contributed by atoms with Gasteiger partial charge in [0.1, 0.15) is 0 Å². The van der Waals surface area contributed by atoms with Gasteiger partial charge in [-0.15, -0.1) is 10.2 Å². The minimum atomic E-state index is -0.310. The summed E-state index contributed by atoms with van der Waals surface area (Å²) in [6.07, 6.45) is 2.79. The number of hydrogen-bond donors (Lipinski definition) is 1. The molecule has 0 aliphatic carbocycles. The summed E-state index contributed by atoms with van der Waals surface area (Å²) < 4.78 is 0. The van der Waals surface area contributed by atoms with Gasteiger partial charge in [0.2, 0.25) is 5.91 Å². The van der Waals surface area contributed by atoms with Gasteiger partial charge in [-0.05, 0) is 37.8 Å². The van der Waals surface area contributed by atoms with Crippen LogP contribution in [-0.4, -0.2) is 72.5 Å². The molecule has 2 aliphatic heterocycles. The Balaban J connectivity index is 1.59. The predicted molar refractivity (Wildman–Crippen MR) is 97.7 cm³/mol. The molecule has 0 aromatic carbocycles. The molecular formula is C18H29N5O2. The van der Waals surface area contributed by atoms with E-state index in [0.29, 0.717) is 25.9 Å². The number of amides is 1. The largest absolute Gasteiger partial charge is 0.393 e. The maximum Gasteiger partial charge on any atom is 0.228 e. The monoisotopic (exact) mass is 347 g/mol. The molecule has 0 saturated carbocycles. The van der Waals surface area contributed by atoms with E-state index >= 15 is 0 Å². The molecule has 0 unspecified atom stereocenters. The second kappa shape index (κ2) is 7.15. The third kappa shape index (κ3) is 3.86. The molecule has 1 amide bonds. The van der Waals surface area contributed by atoms with Crippen molar-refractivity contribution >= 4 is 17.5 Å². The zero-order valence-electron chi connectivity index (χ0n) is 15.5. The van der Waals surface area contributed by atoms with Crippen LogP contribution in [0.1, 0.15) is 32.6 Å². The van der Waals surface area contributed by atoms with Crippen LogP contribution in [0.2, 0.25) is 0 Å². The summed E-state index contributed by atoms with van der Waals surface area (Å²) in [7, 11) is 3.89. The zero-order valence-corrected chi connectivity index (χ0v) is 15.5. The van der Waals surface area contributed by atoms with Crippen LogP contribution in [0.4, 0.5) is 11.6 Å². The molecular weight excluding hydrogens is 318 g/mol. The first kappa shape index (κ1) is 17.9. The first-order valence-corrected chi connectivity index (χ1v) is 9.12. The summed E-state index contributed by atoms with van der Waals surface area (Å²) in [5.74, 6) is 1.96. The van der Waals surface area contributed by atoms with Gasteiger partial charge >= 0.3 is 0 Å². The number of likely N-dealkylation sites (tertiary alicyclic amines) is 1. The molecule has 0 atom stereocenters. The fourth-order valence-corrected chi connectivity index (χ4v) is 3.62. The molecule has 7 nitrogen and oxygen atoms in total. The first-order valence-electron chi connectivity index (χ1n) is 9.12. The fraction of sp³-hybridized carbons (Fsp3) is 0.722. The van der Waals surface area contributed by atoms with Crippen LogP contribution in [-0.2, 0) is 4.79 Å². The molecule has 138 valence electrons. The number of piperidine rings is 2. The van der Waals surface area contributed by atoms with Crippen LogP contribution in [0.25, 0.3) is 0 Å². The minimum absolute atomic E-state index is 0.244. The van der Waals surface area contributed by atoms with Crippen molar-refractivity contribution in [3.05, 3.63) is 12.1 Å². The normalized spacial score (nSPS) is 21.3. The number of aromatic nitrogens is 2.